The number of carbonyl (C=O) groups is 1. The van der Waals surface area contributed by atoms with E-state index in [-0.39, 0.29) is 17.5 Å². The molecule has 122 valence electrons. The number of hydrogen-bond donors (Lipinski definition) is 0. The van der Waals surface area contributed by atoms with Crippen LogP contribution in [0.2, 0.25) is 0 Å². The third-order valence-electron chi connectivity index (χ3n) is 6.97. The lowest BCUT2D eigenvalue weighted by Gasteiger charge is -2.54. The molecule has 23 heavy (non-hydrogen) atoms. The average molecular weight is 315 g/mol. The van der Waals surface area contributed by atoms with Crippen LogP contribution in [-0.2, 0) is 16.9 Å². The molecule has 4 heterocycles. The smallest absolute Gasteiger partial charge is 0.175 e. The van der Waals surface area contributed by atoms with E-state index in [0.29, 0.717) is 18.1 Å². The van der Waals surface area contributed by atoms with Gasteiger partial charge in [0.25, 0.3) is 0 Å². The van der Waals surface area contributed by atoms with E-state index in [0.717, 1.165) is 30.8 Å². The van der Waals surface area contributed by atoms with Crippen molar-refractivity contribution < 1.29 is 13.9 Å². The Kier molecular flexibility index (Phi) is 2.59. The summed E-state index contributed by atoms with van der Waals surface area (Å²) in [6.45, 7) is 7.69. The Bertz CT molecular complexity index is 720. The summed E-state index contributed by atoms with van der Waals surface area (Å²) in [5.41, 5.74) is 0.858. The molecule has 0 aromatic heterocycles. The quantitative estimate of drug-likeness (QED) is 0.797. The van der Waals surface area contributed by atoms with Gasteiger partial charge in [0, 0.05) is 18.0 Å². The fourth-order valence-electron chi connectivity index (χ4n) is 5.81. The molecule has 0 saturated carbocycles. The summed E-state index contributed by atoms with van der Waals surface area (Å²) < 4.78 is 20.9. The molecule has 2 atom stereocenters. The lowest BCUT2D eigenvalue weighted by molar-refractivity contribution is -0.176. The standard InChI is InChI=1S/C19H22FNO2/c1-18(2)17(22)15-14(20)4-3-12-10-23-19(18,16(12)15)13-9-21-7-5-11(13)6-8-21/h3-4,11,13H,5-10H2,1-2H3. The van der Waals surface area contributed by atoms with Gasteiger partial charge < -0.3 is 9.64 Å². The highest BCUT2D eigenvalue weighted by molar-refractivity contribution is 6.07. The Labute approximate surface area is 135 Å². The highest BCUT2D eigenvalue weighted by atomic mass is 19.1. The van der Waals surface area contributed by atoms with Crippen LogP contribution in [0.5, 0.6) is 0 Å². The van der Waals surface area contributed by atoms with Crippen molar-refractivity contribution in [3.05, 3.63) is 34.6 Å². The first-order chi connectivity index (χ1) is 11.0. The van der Waals surface area contributed by atoms with Gasteiger partial charge in [0.05, 0.1) is 17.6 Å². The molecule has 0 amide bonds. The van der Waals surface area contributed by atoms with E-state index in [1.165, 1.54) is 18.9 Å². The third-order valence-corrected chi connectivity index (χ3v) is 6.97. The summed E-state index contributed by atoms with van der Waals surface area (Å²) in [5.74, 6) is 0.402. The number of fused-ring (bicyclic) bond motifs is 4. The van der Waals surface area contributed by atoms with Gasteiger partial charge in [0.2, 0.25) is 0 Å². The Hall–Kier alpha value is -1.26. The minimum Gasteiger partial charge on any atom is -0.364 e. The fourth-order valence-corrected chi connectivity index (χ4v) is 5.81. The topological polar surface area (TPSA) is 29.5 Å². The van der Waals surface area contributed by atoms with Gasteiger partial charge in [0.1, 0.15) is 11.4 Å². The number of benzene rings is 1. The predicted octanol–water partition coefficient (Wildman–Crippen LogP) is 3.12. The fraction of sp³-hybridized carbons (Fsp3) is 0.632. The number of Topliss-reactive ketones (excluding diaryl/α,β-unsaturated/α-hetero) is 1. The Morgan fingerprint density at radius 1 is 1.26 bits per heavy atom. The second-order valence-electron chi connectivity index (χ2n) is 8.18. The SMILES string of the molecule is CC1(C)C(=O)c2c(F)ccc3c2C1(C1CN2CCC1CC2)OC3. The van der Waals surface area contributed by atoms with E-state index in [2.05, 4.69) is 4.90 Å². The van der Waals surface area contributed by atoms with E-state index < -0.39 is 11.0 Å². The molecule has 4 heteroatoms. The predicted molar refractivity (Wildman–Crippen MR) is 83.6 cm³/mol. The molecule has 3 nitrogen and oxygen atoms in total. The maximum absolute atomic E-state index is 14.5. The van der Waals surface area contributed by atoms with Crippen LogP contribution in [0.1, 0.15) is 48.2 Å². The molecule has 2 bridgehead atoms. The monoisotopic (exact) mass is 315 g/mol. The van der Waals surface area contributed by atoms with Crippen LogP contribution >= 0.6 is 0 Å². The molecule has 3 saturated heterocycles. The molecule has 1 aromatic carbocycles. The van der Waals surface area contributed by atoms with Crippen LogP contribution < -0.4 is 0 Å². The zero-order valence-corrected chi connectivity index (χ0v) is 13.7. The minimum atomic E-state index is -0.702. The first kappa shape index (κ1) is 14.1. The molecule has 0 spiro atoms. The second kappa shape index (κ2) is 4.22. The van der Waals surface area contributed by atoms with Crippen molar-refractivity contribution in [2.45, 2.75) is 38.9 Å². The van der Waals surface area contributed by atoms with Crippen molar-refractivity contribution in [1.29, 1.82) is 0 Å². The summed E-state index contributed by atoms with van der Waals surface area (Å²) in [6, 6.07) is 3.25. The molecule has 4 aliphatic heterocycles. The van der Waals surface area contributed by atoms with Crippen molar-refractivity contribution in [3.8, 4) is 0 Å². The maximum atomic E-state index is 14.5. The molecule has 0 radical (unpaired) electrons. The van der Waals surface area contributed by atoms with Crippen LogP contribution in [-0.4, -0.2) is 30.3 Å². The van der Waals surface area contributed by atoms with Gasteiger partial charge in [-0.2, -0.15) is 0 Å². The Balaban J connectivity index is 1.76. The van der Waals surface area contributed by atoms with Crippen molar-refractivity contribution in [2.75, 3.05) is 19.6 Å². The van der Waals surface area contributed by atoms with Crippen molar-refractivity contribution in [3.63, 3.8) is 0 Å². The largest absolute Gasteiger partial charge is 0.364 e. The van der Waals surface area contributed by atoms with Gasteiger partial charge in [-0.3, -0.25) is 4.79 Å². The van der Waals surface area contributed by atoms with Crippen LogP contribution in [0.15, 0.2) is 12.1 Å². The number of carbonyl (C=O) groups excluding carboxylic acids is 1. The lowest BCUT2D eigenvalue weighted by atomic mass is 9.60. The van der Waals surface area contributed by atoms with E-state index in [1.54, 1.807) is 0 Å². The van der Waals surface area contributed by atoms with Crippen molar-refractivity contribution in [2.24, 2.45) is 17.3 Å². The summed E-state index contributed by atoms with van der Waals surface area (Å²) in [7, 11) is 0. The Morgan fingerprint density at radius 3 is 2.65 bits per heavy atom. The number of piperidine rings is 3. The number of hydrogen-bond acceptors (Lipinski definition) is 3. The zero-order chi connectivity index (χ0) is 16.0. The molecular formula is C19H22FNO2. The van der Waals surface area contributed by atoms with Crippen LogP contribution in [0.3, 0.4) is 0 Å². The molecule has 5 aliphatic rings. The Morgan fingerprint density at radius 2 is 2.00 bits per heavy atom. The summed E-state index contributed by atoms with van der Waals surface area (Å²) in [4.78, 5) is 15.5. The normalized spacial score (nSPS) is 39.8. The highest BCUT2D eigenvalue weighted by Crippen LogP contribution is 2.63. The number of ether oxygens (including phenoxy) is 1. The van der Waals surface area contributed by atoms with E-state index in [9.17, 15) is 9.18 Å². The van der Waals surface area contributed by atoms with Gasteiger partial charge >= 0.3 is 0 Å². The van der Waals surface area contributed by atoms with E-state index in [4.69, 9.17) is 4.74 Å². The minimum absolute atomic E-state index is 0.0806. The van der Waals surface area contributed by atoms with Crippen LogP contribution in [0.25, 0.3) is 0 Å². The number of rotatable bonds is 1. The van der Waals surface area contributed by atoms with Crippen molar-refractivity contribution in [1.82, 2.24) is 4.90 Å². The number of ketones is 1. The van der Waals surface area contributed by atoms with Gasteiger partial charge in [-0.1, -0.05) is 6.07 Å². The molecule has 2 unspecified atom stereocenters. The molecule has 0 N–H and O–H groups in total. The first-order valence-corrected chi connectivity index (χ1v) is 8.70. The molecule has 6 rings (SSSR count). The van der Waals surface area contributed by atoms with E-state index in [1.807, 2.05) is 19.9 Å². The zero-order valence-electron chi connectivity index (χ0n) is 13.7. The highest BCUT2D eigenvalue weighted by Gasteiger charge is 2.68. The van der Waals surface area contributed by atoms with Gasteiger partial charge in [0.15, 0.2) is 5.78 Å². The summed E-state index contributed by atoms with van der Waals surface area (Å²) in [6.07, 6.45) is 2.33. The molecule has 1 aliphatic carbocycles. The van der Waals surface area contributed by atoms with E-state index >= 15 is 0 Å². The third kappa shape index (κ3) is 1.46. The first-order valence-electron chi connectivity index (χ1n) is 8.70. The molecular weight excluding hydrogens is 293 g/mol. The van der Waals surface area contributed by atoms with Gasteiger partial charge in [-0.15, -0.1) is 0 Å². The number of halogens is 1. The second-order valence-corrected chi connectivity index (χ2v) is 8.18. The lowest BCUT2D eigenvalue weighted by Crippen LogP contribution is -2.59. The molecule has 1 aromatic rings. The summed E-state index contributed by atoms with van der Waals surface area (Å²) >= 11 is 0. The average Bonchev–Trinajstić information content (AvgIpc) is 3.03. The summed E-state index contributed by atoms with van der Waals surface area (Å²) in [5, 5.41) is 0. The van der Waals surface area contributed by atoms with Gasteiger partial charge in [-0.25, -0.2) is 4.39 Å². The molecule has 3 fully saturated rings. The van der Waals surface area contributed by atoms with Crippen LogP contribution in [0, 0.1) is 23.1 Å². The number of nitrogens with zero attached hydrogens (tertiary/aromatic N) is 1. The van der Waals surface area contributed by atoms with Crippen LogP contribution in [0.4, 0.5) is 4.39 Å². The van der Waals surface area contributed by atoms with Crippen molar-refractivity contribution >= 4 is 5.78 Å². The van der Waals surface area contributed by atoms with Gasteiger partial charge in [-0.05, 0) is 57.3 Å². The maximum Gasteiger partial charge on any atom is 0.175 e.